The lowest BCUT2D eigenvalue weighted by molar-refractivity contribution is 0.0944. The fourth-order valence-corrected chi connectivity index (χ4v) is 2.31. The SMILES string of the molecule is CCc1ncsc1C(=O)NC(C#N)c1ccco1. The fourth-order valence-electron chi connectivity index (χ4n) is 1.52. The Morgan fingerprint density at radius 2 is 2.56 bits per heavy atom. The highest BCUT2D eigenvalue weighted by Gasteiger charge is 2.20. The van der Waals surface area contributed by atoms with Crippen molar-refractivity contribution in [1.29, 1.82) is 5.26 Å². The Labute approximate surface area is 108 Å². The number of nitrogens with zero attached hydrogens (tertiary/aromatic N) is 2. The van der Waals surface area contributed by atoms with E-state index in [-0.39, 0.29) is 5.91 Å². The van der Waals surface area contributed by atoms with Crippen molar-refractivity contribution in [3.8, 4) is 6.07 Å². The number of furan rings is 1. The molecule has 1 N–H and O–H groups in total. The molecule has 92 valence electrons. The van der Waals surface area contributed by atoms with Gasteiger partial charge >= 0.3 is 0 Å². The zero-order valence-corrected chi connectivity index (χ0v) is 10.5. The van der Waals surface area contributed by atoms with Gasteiger partial charge in [-0.25, -0.2) is 4.98 Å². The number of nitriles is 1. The van der Waals surface area contributed by atoms with Gasteiger partial charge in [-0.05, 0) is 18.6 Å². The second kappa shape index (κ2) is 5.47. The third-order valence-corrected chi connectivity index (χ3v) is 3.28. The molecule has 5 nitrogen and oxygen atoms in total. The first-order valence-corrected chi connectivity index (χ1v) is 6.30. The molecule has 0 aromatic carbocycles. The average molecular weight is 261 g/mol. The molecule has 2 aromatic rings. The third kappa shape index (κ3) is 2.41. The van der Waals surface area contributed by atoms with E-state index in [0.717, 1.165) is 5.69 Å². The van der Waals surface area contributed by atoms with Crippen molar-refractivity contribution < 1.29 is 9.21 Å². The summed E-state index contributed by atoms with van der Waals surface area (Å²) in [5.41, 5.74) is 2.37. The van der Waals surface area contributed by atoms with E-state index in [0.29, 0.717) is 17.1 Å². The molecule has 1 unspecified atom stereocenters. The first kappa shape index (κ1) is 12.3. The summed E-state index contributed by atoms with van der Waals surface area (Å²) in [6.45, 7) is 1.93. The number of nitrogens with one attached hydrogen (secondary N) is 1. The fraction of sp³-hybridized carbons (Fsp3) is 0.250. The molecule has 0 fully saturated rings. The summed E-state index contributed by atoms with van der Waals surface area (Å²) in [5, 5.41) is 11.7. The van der Waals surface area contributed by atoms with Crippen LogP contribution in [0.1, 0.15) is 34.1 Å². The van der Waals surface area contributed by atoms with E-state index < -0.39 is 6.04 Å². The number of carbonyl (C=O) groups excluding carboxylic acids is 1. The smallest absolute Gasteiger partial charge is 0.264 e. The molecule has 0 bridgehead atoms. The molecule has 2 rings (SSSR count). The summed E-state index contributed by atoms with van der Waals surface area (Å²) in [5.74, 6) is 0.130. The number of hydrogen-bond donors (Lipinski definition) is 1. The Morgan fingerprint density at radius 1 is 1.72 bits per heavy atom. The predicted octanol–water partition coefficient (Wildman–Crippen LogP) is 2.29. The van der Waals surface area contributed by atoms with Crippen molar-refractivity contribution in [2.45, 2.75) is 19.4 Å². The van der Waals surface area contributed by atoms with Crippen molar-refractivity contribution in [3.63, 3.8) is 0 Å². The number of amides is 1. The highest BCUT2D eigenvalue weighted by molar-refractivity contribution is 7.11. The van der Waals surface area contributed by atoms with Crippen molar-refractivity contribution in [3.05, 3.63) is 40.2 Å². The van der Waals surface area contributed by atoms with Crippen LogP contribution >= 0.6 is 11.3 Å². The number of carbonyl (C=O) groups is 1. The van der Waals surface area contributed by atoms with Gasteiger partial charge < -0.3 is 9.73 Å². The molecule has 0 saturated heterocycles. The maximum absolute atomic E-state index is 12.0. The minimum Gasteiger partial charge on any atom is -0.466 e. The lowest BCUT2D eigenvalue weighted by atomic mass is 10.2. The standard InChI is InChI=1S/C12H11N3O2S/c1-2-8-11(18-7-14-8)12(16)15-9(6-13)10-4-3-5-17-10/h3-5,7,9H,2H2,1H3,(H,15,16). The van der Waals surface area contributed by atoms with E-state index in [4.69, 9.17) is 9.68 Å². The van der Waals surface area contributed by atoms with Gasteiger partial charge in [0.1, 0.15) is 10.6 Å². The van der Waals surface area contributed by atoms with E-state index >= 15 is 0 Å². The molecule has 0 aliphatic rings. The van der Waals surface area contributed by atoms with Crippen LogP contribution in [-0.2, 0) is 6.42 Å². The molecule has 6 heteroatoms. The number of hydrogen-bond acceptors (Lipinski definition) is 5. The topological polar surface area (TPSA) is 78.9 Å². The van der Waals surface area contributed by atoms with Gasteiger partial charge in [0.2, 0.25) is 0 Å². The van der Waals surface area contributed by atoms with Gasteiger partial charge in [-0.15, -0.1) is 11.3 Å². The highest BCUT2D eigenvalue weighted by Crippen LogP contribution is 2.17. The van der Waals surface area contributed by atoms with Crippen LogP contribution in [0.4, 0.5) is 0 Å². The summed E-state index contributed by atoms with van der Waals surface area (Å²) in [4.78, 5) is 16.7. The quantitative estimate of drug-likeness (QED) is 0.915. The zero-order chi connectivity index (χ0) is 13.0. The maximum Gasteiger partial charge on any atom is 0.264 e. The molecular formula is C12H11N3O2S. The van der Waals surface area contributed by atoms with Crippen molar-refractivity contribution in [1.82, 2.24) is 10.3 Å². The monoisotopic (exact) mass is 261 g/mol. The molecule has 0 radical (unpaired) electrons. The highest BCUT2D eigenvalue weighted by atomic mass is 32.1. The number of aryl methyl sites for hydroxylation is 1. The molecule has 2 aromatic heterocycles. The minimum absolute atomic E-state index is 0.294. The molecule has 1 amide bonds. The molecule has 0 saturated carbocycles. The Bertz CT molecular complexity index is 568. The molecular weight excluding hydrogens is 250 g/mol. The van der Waals surface area contributed by atoms with Crippen LogP contribution in [0.2, 0.25) is 0 Å². The Balaban J connectivity index is 2.14. The summed E-state index contributed by atoms with van der Waals surface area (Å²) in [6, 6.07) is 4.55. The molecule has 18 heavy (non-hydrogen) atoms. The van der Waals surface area contributed by atoms with Gasteiger partial charge in [0.25, 0.3) is 5.91 Å². The number of rotatable bonds is 4. The Kier molecular flexibility index (Phi) is 3.75. The summed E-state index contributed by atoms with van der Waals surface area (Å²) in [7, 11) is 0. The van der Waals surface area contributed by atoms with Crippen LogP contribution in [0, 0.1) is 11.3 Å². The van der Waals surface area contributed by atoms with E-state index in [2.05, 4.69) is 10.3 Å². The summed E-state index contributed by atoms with van der Waals surface area (Å²) in [6.07, 6.45) is 2.15. The second-order valence-corrected chi connectivity index (χ2v) is 4.39. The van der Waals surface area contributed by atoms with E-state index in [1.54, 1.807) is 17.6 Å². The van der Waals surface area contributed by atoms with Crippen LogP contribution in [0.3, 0.4) is 0 Å². The first-order chi connectivity index (χ1) is 8.76. The summed E-state index contributed by atoms with van der Waals surface area (Å²) < 4.78 is 5.11. The lowest BCUT2D eigenvalue weighted by Gasteiger charge is -2.08. The second-order valence-electron chi connectivity index (χ2n) is 3.53. The molecule has 1 atom stereocenters. The van der Waals surface area contributed by atoms with Crippen LogP contribution in [0.15, 0.2) is 28.3 Å². The van der Waals surface area contributed by atoms with Crippen LogP contribution in [-0.4, -0.2) is 10.9 Å². The van der Waals surface area contributed by atoms with Gasteiger partial charge in [-0.1, -0.05) is 6.92 Å². The van der Waals surface area contributed by atoms with Gasteiger partial charge in [0.15, 0.2) is 6.04 Å². The maximum atomic E-state index is 12.0. The van der Waals surface area contributed by atoms with Crippen LogP contribution < -0.4 is 5.32 Å². The molecule has 0 aliphatic heterocycles. The van der Waals surface area contributed by atoms with Crippen molar-refractivity contribution in [2.24, 2.45) is 0 Å². The molecule has 0 aliphatic carbocycles. The lowest BCUT2D eigenvalue weighted by Crippen LogP contribution is -2.27. The van der Waals surface area contributed by atoms with Gasteiger partial charge in [-0.3, -0.25) is 4.79 Å². The van der Waals surface area contributed by atoms with E-state index in [1.165, 1.54) is 17.6 Å². The zero-order valence-electron chi connectivity index (χ0n) is 9.71. The first-order valence-electron chi connectivity index (χ1n) is 5.42. The van der Waals surface area contributed by atoms with E-state index in [1.807, 2.05) is 13.0 Å². The van der Waals surface area contributed by atoms with Crippen molar-refractivity contribution >= 4 is 17.2 Å². The molecule has 2 heterocycles. The van der Waals surface area contributed by atoms with Crippen LogP contribution in [0.5, 0.6) is 0 Å². The normalized spacial score (nSPS) is 11.8. The van der Waals surface area contributed by atoms with Crippen LogP contribution in [0.25, 0.3) is 0 Å². The van der Waals surface area contributed by atoms with Gasteiger partial charge in [0.05, 0.1) is 23.5 Å². The Hall–Kier alpha value is -2.13. The van der Waals surface area contributed by atoms with Crippen molar-refractivity contribution in [2.75, 3.05) is 0 Å². The number of thiazole rings is 1. The van der Waals surface area contributed by atoms with Gasteiger partial charge in [0, 0.05) is 0 Å². The average Bonchev–Trinajstić information content (AvgIpc) is 3.05. The van der Waals surface area contributed by atoms with E-state index in [9.17, 15) is 4.79 Å². The summed E-state index contributed by atoms with van der Waals surface area (Å²) >= 11 is 1.27. The predicted molar refractivity (Wildman–Crippen MR) is 66.0 cm³/mol. The largest absolute Gasteiger partial charge is 0.466 e. The van der Waals surface area contributed by atoms with Gasteiger partial charge in [-0.2, -0.15) is 5.26 Å². The number of aromatic nitrogens is 1. The Morgan fingerprint density at radius 3 is 3.17 bits per heavy atom. The third-order valence-electron chi connectivity index (χ3n) is 2.41. The molecule has 0 spiro atoms. The minimum atomic E-state index is -0.778.